The van der Waals surface area contributed by atoms with Gasteiger partial charge in [0, 0.05) is 4.75 Å². The number of hydrogen-bond donors (Lipinski definition) is 2. The Bertz CT molecular complexity index is 856. The Morgan fingerprint density at radius 1 is 1.41 bits per heavy atom. The number of ether oxygens (including phenoxy) is 1. The van der Waals surface area contributed by atoms with Gasteiger partial charge in [-0.25, -0.2) is 4.79 Å². The Morgan fingerprint density at radius 3 is 2.63 bits per heavy atom. The number of nitrogens with zero attached hydrogens (tertiary/aromatic N) is 2. The number of rotatable bonds is 5. The van der Waals surface area contributed by atoms with E-state index in [0.29, 0.717) is 0 Å². The maximum atomic E-state index is 12.6. The van der Waals surface area contributed by atoms with Gasteiger partial charge in [0.15, 0.2) is 5.75 Å². The third kappa shape index (κ3) is 2.87. The van der Waals surface area contributed by atoms with Gasteiger partial charge in [0.25, 0.3) is 5.91 Å². The van der Waals surface area contributed by atoms with Crippen molar-refractivity contribution in [3.8, 4) is 5.75 Å². The molecule has 3 rings (SSSR count). The minimum absolute atomic E-state index is 0.0727. The summed E-state index contributed by atoms with van der Waals surface area (Å²) in [5, 5.41) is 22.7. The number of methoxy groups -OCH3 is 1. The van der Waals surface area contributed by atoms with Crippen LogP contribution < -0.4 is 10.1 Å². The van der Waals surface area contributed by atoms with Crippen LogP contribution in [0.3, 0.4) is 0 Å². The lowest BCUT2D eigenvalue weighted by molar-refractivity contribution is -0.386. The second-order valence-electron chi connectivity index (χ2n) is 6.66. The number of nitro benzene ring substituents is 1. The van der Waals surface area contributed by atoms with Gasteiger partial charge in [-0.1, -0.05) is 6.07 Å². The minimum Gasteiger partial charge on any atom is -0.490 e. The van der Waals surface area contributed by atoms with Crippen LogP contribution in [0.5, 0.6) is 5.75 Å². The highest BCUT2D eigenvalue weighted by atomic mass is 32.2. The number of benzene rings is 1. The van der Waals surface area contributed by atoms with E-state index in [1.807, 2.05) is 0 Å². The molecule has 3 atom stereocenters. The minimum atomic E-state index is -1.11. The molecule has 2 N–H and O–H groups in total. The number of hydrogen-bond acceptors (Lipinski definition) is 7. The van der Waals surface area contributed by atoms with E-state index >= 15 is 0 Å². The van der Waals surface area contributed by atoms with Crippen LogP contribution in [0.4, 0.5) is 5.69 Å². The molecular weight excluding hydrogens is 378 g/mol. The highest BCUT2D eigenvalue weighted by Crippen LogP contribution is 2.50. The number of fused-ring (bicyclic) bond motifs is 1. The summed E-state index contributed by atoms with van der Waals surface area (Å²) in [6.07, 6.45) is 0. The molecule has 0 aromatic heterocycles. The summed E-state index contributed by atoms with van der Waals surface area (Å²) in [5.41, 5.74) is -0.730. The molecule has 0 spiro atoms. The molecule has 144 valence electrons. The second kappa shape index (κ2) is 6.41. The fourth-order valence-electron chi connectivity index (χ4n) is 3.42. The third-order valence-electron chi connectivity index (χ3n) is 4.61. The first-order valence-electron chi connectivity index (χ1n) is 7.95. The van der Waals surface area contributed by atoms with Crippen LogP contribution in [0.1, 0.15) is 24.2 Å². The van der Waals surface area contributed by atoms with Crippen molar-refractivity contribution in [1.82, 2.24) is 10.2 Å². The van der Waals surface area contributed by atoms with E-state index in [9.17, 15) is 29.6 Å². The largest absolute Gasteiger partial charge is 0.490 e. The van der Waals surface area contributed by atoms with Crippen molar-refractivity contribution >= 4 is 35.2 Å². The summed E-state index contributed by atoms with van der Waals surface area (Å²) in [7, 11) is 1.25. The highest BCUT2D eigenvalue weighted by Gasteiger charge is 2.64. The molecule has 2 saturated heterocycles. The van der Waals surface area contributed by atoms with Gasteiger partial charge in [-0.15, -0.1) is 11.8 Å². The van der Waals surface area contributed by atoms with Gasteiger partial charge >= 0.3 is 11.7 Å². The number of aliphatic carboxylic acids is 1. The van der Waals surface area contributed by atoms with Crippen molar-refractivity contribution in [2.45, 2.75) is 36.1 Å². The normalized spacial score (nSPS) is 25.4. The van der Waals surface area contributed by atoms with Crippen LogP contribution in [0.2, 0.25) is 0 Å². The first-order chi connectivity index (χ1) is 12.6. The van der Waals surface area contributed by atoms with Gasteiger partial charge in [-0.3, -0.25) is 19.7 Å². The molecule has 0 saturated carbocycles. The number of para-hydroxylation sites is 1. The van der Waals surface area contributed by atoms with E-state index in [-0.39, 0.29) is 11.3 Å². The average Bonchev–Trinajstić information content (AvgIpc) is 2.86. The van der Waals surface area contributed by atoms with E-state index in [0.717, 1.165) is 0 Å². The second-order valence-corrected chi connectivity index (χ2v) is 8.43. The lowest BCUT2D eigenvalue weighted by Crippen LogP contribution is -2.70. The van der Waals surface area contributed by atoms with Crippen LogP contribution in [0, 0.1) is 10.1 Å². The molecule has 2 aliphatic rings. The molecule has 0 unspecified atom stereocenters. The number of β-lactam (4-membered cyclic amide) rings is 1. The number of carbonyl (C=O) groups is 3. The van der Waals surface area contributed by atoms with Crippen molar-refractivity contribution in [2.75, 3.05) is 7.11 Å². The topological polar surface area (TPSA) is 139 Å². The van der Waals surface area contributed by atoms with Crippen LogP contribution in [0.25, 0.3) is 0 Å². The van der Waals surface area contributed by atoms with Crippen molar-refractivity contribution in [2.24, 2.45) is 0 Å². The molecule has 0 aliphatic carbocycles. The molecule has 0 radical (unpaired) electrons. The molecule has 2 aliphatic heterocycles. The molecule has 2 fully saturated rings. The number of carbonyl (C=O) groups excluding carboxylic acids is 2. The summed E-state index contributed by atoms with van der Waals surface area (Å²) in [6.45, 7) is 3.43. The SMILES string of the molecule is COc1cccc(C(=O)N[C@@H]2C(=O)N3[C@@H]2SC(C)(C)[C@@H]3C(=O)O)c1[N+](=O)[O-]. The zero-order chi connectivity index (χ0) is 20.1. The maximum absolute atomic E-state index is 12.6. The van der Waals surface area contributed by atoms with Gasteiger partial charge in [0.1, 0.15) is 23.0 Å². The number of nitro groups is 1. The number of amides is 2. The van der Waals surface area contributed by atoms with Crippen LogP contribution >= 0.6 is 11.8 Å². The zero-order valence-corrected chi connectivity index (χ0v) is 15.5. The Kier molecular flexibility index (Phi) is 4.50. The number of carboxylic acids is 1. The van der Waals surface area contributed by atoms with Gasteiger partial charge in [0.2, 0.25) is 5.91 Å². The summed E-state index contributed by atoms with van der Waals surface area (Å²) in [6, 6.07) is 2.11. The molecule has 27 heavy (non-hydrogen) atoms. The molecular formula is C16H17N3O7S. The monoisotopic (exact) mass is 395 g/mol. The molecule has 11 heteroatoms. The van der Waals surface area contributed by atoms with Gasteiger partial charge in [-0.05, 0) is 26.0 Å². The first kappa shape index (κ1) is 19.0. The van der Waals surface area contributed by atoms with E-state index < -0.39 is 50.6 Å². The Morgan fingerprint density at radius 2 is 2.07 bits per heavy atom. The van der Waals surface area contributed by atoms with Crippen molar-refractivity contribution < 1.29 is 29.2 Å². The van der Waals surface area contributed by atoms with Crippen LogP contribution in [0.15, 0.2) is 18.2 Å². The van der Waals surface area contributed by atoms with Crippen LogP contribution in [-0.2, 0) is 9.59 Å². The number of carboxylic acid groups (broad SMARTS) is 1. The van der Waals surface area contributed by atoms with E-state index in [4.69, 9.17) is 4.74 Å². The maximum Gasteiger partial charge on any atom is 0.327 e. The summed E-state index contributed by atoms with van der Waals surface area (Å²) >= 11 is 1.27. The summed E-state index contributed by atoms with van der Waals surface area (Å²) in [4.78, 5) is 48.4. The lowest BCUT2D eigenvalue weighted by Gasteiger charge is -2.43. The Labute approximate surface area is 158 Å². The van der Waals surface area contributed by atoms with Crippen molar-refractivity contribution in [3.63, 3.8) is 0 Å². The average molecular weight is 395 g/mol. The van der Waals surface area contributed by atoms with Gasteiger partial charge in [-0.2, -0.15) is 0 Å². The molecule has 1 aromatic carbocycles. The molecule has 2 heterocycles. The van der Waals surface area contributed by atoms with E-state index in [1.165, 1.54) is 42.0 Å². The summed E-state index contributed by atoms with van der Waals surface area (Å²) < 4.78 is 4.21. The fourth-order valence-corrected chi connectivity index (χ4v) is 5.05. The molecule has 0 bridgehead atoms. The summed E-state index contributed by atoms with van der Waals surface area (Å²) in [5.74, 6) is -2.51. The van der Waals surface area contributed by atoms with Gasteiger partial charge < -0.3 is 20.1 Å². The molecule has 2 amide bonds. The smallest absolute Gasteiger partial charge is 0.327 e. The quantitative estimate of drug-likeness (QED) is 0.425. The Hall–Kier alpha value is -2.82. The third-order valence-corrected chi connectivity index (χ3v) is 6.18. The molecule has 1 aromatic rings. The van der Waals surface area contributed by atoms with E-state index in [2.05, 4.69) is 5.32 Å². The van der Waals surface area contributed by atoms with Gasteiger partial charge in [0.05, 0.1) is 12.0 Å². The zero-order valence-electron chi connectivity index (χ0n) is 14.7. The number of nitrogens with one attached hydrogen (secondary N) is 1. The number of thioether (sulfide) groups is 1. The predicted molar refractivity (Wildman–Crippen MR) is 94.6 cm³/mol. The molecule has 10 nitrogen and oxygen atoms in total. The standard InChI is InChI=1S/C16H17N3O7S/c1-16(2)11(15(22)23)18-13(21)9(14(18)27-16)17-12(20)7-5-4-6-8(26-3)10(7)19(24)25/h4-6,9,11,14H,1-3H3,(H,17,20)(H,22,23)/t9-,11+,14-/m1/s1. The van der Waals surface area contributed by atoms with Crippen molar-refractivity contribution in [1.29, 1.82) is 0 Å². The van der Waals surface area contributed by atoms with Crippen LogP contribution in [-0.4, -0.2) is 62.0 Å². The highest BCUT2D eigenvalue weighted by molar-refractivity contribution is 8.01. The van der Waals surface area contributed by atoms with Crippen molar-refractivity contribution in [3.05, 3.63) is 33.9 Å². The fraction of sp³-hybridized carbons (Fsp3) is 0.438. The Balaban J connectivity index is 1.84. The van der Waals surface area contributed by atoms with E-state index in [1.54, 1.807) is 13.8 Å². The predicted octanol–water partition coefficient (Wildman–Crippen LogP) is 0.849. The lowest BCUT2D eigenvalue weighted by atomic mass is 9.96. The first-order valence-corrected chi connectivity index (χ1v) is 8.83.